The van der Waals surface area contributed by atoms with Gasteiger partial charge in [-0.25, -0.2) is 0 Å². The number of methoxy groups -OCH3 is 2. The lowest BCUT2D eigenvalue weighted by atomic mass is 10.2. The fourth-order valence-corrected chi connectivity index (χ4v) is 1.79. The average Bonchev–Trinajstić information content (AvgIpc) is 2.81. The van der Waals surface area contributed by atoms with E-state index < -0.39 is 0 Å². The smallest absolute Gasteiger partial charge is 0.124 e. The maximum absolute atomic E-state index is 5.24. The third kappa shape index (κ3) is 2.17. The lowest BCUT2D eigenvalue weighted by Gasteiger charge is -2.18. The summed E-state index contributed by atoms with van der Waals surface area (Å²) in [4.78, 5) is 2.24. The van der Waals surface area contributed by atoms with E-state index in [-0.39, 0.29) is 0 Å². The normalized spacial score (nSPS) is 15.5. The van der Waals surface area contributed by atoms with Gasteiger partial charge in [0.2, 0.25) is 0 Å². The number of hydrogen-bond donors (Lipinski definition) is 0. The van der Waals surface area contributed by atoms with Crippen molar-refractivity contribution in [2.45, 2.75) is 12.8 Å². The molecular formula is C12H16NO2. The molecule has 0 unspecified atom stereocenters. The zero-order valence-corrected chi connectivity index (χ0v) is 9.19. The molecule has 0 aromatic heterocycles. The molecular weight excluding hydrogens is 190 g/mol. The molecule has 0 N–H and O–H groups in total. The standard InChI is InChI=1S/C12H16NO2/c1-14-11-7-10(8-12(9-11)15-2)13-5-3-4-6-13/h5,7-9H,3-4,6H2,1-2H3. The van der Waals surface area contributed by atoms with Crippen molar-refractivity contribution in [1.82, 2.24) is 0 Å². The third-order valence-electron chi connectivity index (χ3n) is 2.62. The predicted molar refractivity (Wildman–Crippen MR) is 60.4 cm³/mol. The molecule has 0 saturated carbocycles. The van der Waals surface area contributed by atoms with Crippen LogP contribution >= 0.6 is 0 Å². The van der Waals surface area contributed by atoms with Crippen LogP contribution in [-0.4, -0.2) is 20.8 Å². The van der Waals surface area contributed by atoms with Crippen molar-refractivity contribution in [3.63, 3.8) is 0 Å². The Hall–Kier alpha value is -1.38. The number of benzene rings is 1. The first-order chi connectivity index (χ1) is 7.33. The van der Waals surface area contributed by atoms with Crippen LogP contribution in [0.25, 0.3) is 0 Å². The van der Waals surface area contributed by atoms with Gasteiger partial charge in [-0.15, -0.1) is 0 Å². The molecule has 1 radical (unpaired) electrons. The Balaban J connectivity index is 2.28. The molecule has 1 heterocycles. The van der Waals surface area contributed by atoms with E-state index in [1.54, 1.807) is 14.2 Å². The summed E-state index contributed by atoms with van der Waals surface area (Å²) in [7, 11) is 3.35. The average molecular weight is 206 g/mol. The van der Waals surface area contributed by atoms with Crippen LogP contribution in [0.4, 0.5) is 5.69 Å². The van der Waals surface area contributed by atoms with E-state index >= 15 is 0 Å². The van der Waals surface area contributed by atoms with Crippen molar-refractivity contribution in [3.8, 4) is 11.5 Å². The topological polar surface area (TPSA) is 21.7 Å². The molecule has 1 aromatic rings. The van der Waals surface area contributed by atoms with Gasteiger partial charge in [0.25, 0.3) is 0 Å². The minimum absolute atomic E-state index is 0.838. The lowest BCUT2D eigenvalue weighted by Crippen LogP contribution is -2.13. The molecule has 0 bridgehead atoms. The van der Waals surface area contributed by atoms with E-state index in [1.165, 1.54) is 6.42 Å². The summed E-state index contributed by atoms with van der Waals surface area (Å²) in [6, 6.07) is 5.95. The lowest BCUT2D eigenvalue weighted by molar-refractivity contribution is 0.394. The molecule has 0 amide bonds. The second-order valence-corrected chi connectivity index (χ2v) is 3.59. The molecule has 15 heavy (non-hydrogen) atoms. The molecule has 81 valence electrons. The van der Waals surface area contributed by atoms with E-state index in [9.17, 15) is 0 Å². The minimum atomic E-state index is 0.838. The largest absolute Gasteiger partial charge is 0.497 e. The second-order valence-electron chi connectivity index (χ2n) is 3.59. The number of ether oxygens (including phenoxy) is 2. The molecule has 3 nitrogen and oxygen atoms in total. The minimum Gasteiger partial charge on any atom is -0.497 e. The Morgan fingerprint density at radius 2 is 1.73 bits per heavy atom. The van der Waals surface area contributed by atoms with E-state index in [2.05, 4.69) is 11.4 Å². The van der Waals surface area contributed by atoms with E-state index in [0.717, 1.165) is 30.2 Å². The monoisotopic (exact) mass is 206 g/mol. The van der Waals surface area contributed by atoms with E-state index in [1.807, 2.05) is 18.2 Å². The van der Waals surface area contributed by atoms with Crippen LogP contribution in [0.1, 0.15) is 12.8 Å². The van der Waals surface area contributed by atoms with Crippen LogP contribution in [0.5, 0.6) is 11.5 Å². The summed E-state index contributed by atoms with van der Waals surface area (Å²) >= 11 is 0. The molecule has 0 atom stereocenters. The Labute approximate surface area is 90.6 Å². The van der Waals surface area contributed by atoms with Gasteiger partial charge in [-0.05, 0) is 12.8 Å². The van der Waals surface area contributed by atoms with Crippen molar-refractivity contribution < 1.29 is 9.47 Å². The number of rotatable bonds is 3. The van der Waals surface area contributed by atoms with Gasteiger partial charge in [-0.1, -0.05) is 0 Å². The fraction of sp³-hybridized carbons (Fsp3) is 0.417. The Kier molecular flexibility index (Phi) is 2.99. The van der Waals surface area contributed by atoms with E-state index in [0.29, 0.717) is 0 Å². The highest BCUT2D eigenvalue weighted by Crippen LogP contribution is 2.31. The van der Waals surface area contributed by atoms with Crippen LogP contribution in [0.15, 0.2) is 18.2 Å². The van der Waals surface area contributed by atoms with Crippen LogP contribution < -0.4 is 14.4 Å². The zero-order valence-electron chi connectivity index (χ0n) is 9.19. The fourth-order valence-electron chi connectivity index (χ4n) is 1.79. The number of anilines is 1. The van der Waals surface area contributed by atoms with Gasteiger partial charge in [-0.3, -0.25) is 0 Å². The van der Waals surface area contributed by atoms with E-state index in [4.69, 9.17) is 9.47 Å². The summed E-state index contributed by atoms with van der Waals surface area (Å²) in [6.07, 6.45) is 2.37. The van der Waals surface area contributed by atoms with Crippen molar-refractivity contribution in [1.29, 1.82) is 0 Å². The highest BCUT2D eigenvalue weighted by molar-refractivity contribution is 5.57. The second kappa shape index (κ2) is 4.43. The first-order valence-corrected chi connectivity index (χ1v) is 5.16. The van der Waals surface area contributed by atoms with Crippen molar-refractivity contribution >= 4 is 5.69 Å². The molecule has 1 aliphatic heterocycles. The van der Waals surface area contributed by atoms with Crippen molar-refractivity contribution in [2.24, 2.45) is 0 Å². The highest BCUT2D eigenvalue weighted by Gasteiger charge is 2.14. The summed E-state index contributed by atoms with van der Waals surface area (Å²) < 4.78 is 10.5. The summed E-state index contributed by atoms with van der Waals surface area (Å²) in [5.41, 5.74) is 1.14. The Morgan fingerprint density at radius 3 is 2.20 bits per heavy atom. The molecule has 3 heteroatoms. The zero-order chi connectivity index (χ0) is 10.7. The highest BCUT2D eigenvalue weighted by atomic mass is 16.5. The van der Waals surface area contributed by atoms with Gasteiger partial charge >= 0.3 is 0 Å². The quantitative estimate of drug-likeness (QED) is 0.758. The SMILES string of the molecule is COc1cc(OC)cc(N2[CH]CCC2)c1. The van der Waals surface area contributed by atoms with Gasteiger partial charge in [0.1, 0.15) is 11.5 Å². The van der Waals surface area contributed by atoms with Gasteiger partial charge in [0, 0.05) is 37.0 Å². The molecule has 0 spiro atoms. The molecule has 1 saturated heterocycles. The predicted octanol–water partition coefficient (Wildman–Crippen LogP) is 2.47. The van der Waals surface area contributed by atoms with Gasteiger partial charge < -0.3 is 14.4 Å². The summed E-state index contributed by atoms with van der Waals surface area (Å²) in [5, 5.41) is 0. The maximum Gasteiger partial charge on any atom is 0.124 e. The van der Waals surface area contributed by atoms with Crippen molar-refractivity contribution in [2.75, 3.05) is 25.7 Å². The third-order valence-corrected chi connectivity index (χ3v) is 2.62. The van der Waals surface area contributed by atoms with Crippen LogP contribution in [0.2, 0.25) is 0 Å². The Morgan fingerprint density at radius 1 is 1.07 bits per heavy atom. The Bertz CT molecular complexity index is 310. The van der Waals surface area contributed by atoms with Gasteiger partial charge in [0.15, 0.2) is 0 Å². The first kappa shape index (κ1) is 10.1. The van der Waals surface area contributed by atoms with Gasteiger partial charge in [-0.2, -0.15) is 0 Å². The molecule has 1 aromatic carbocycles. The molecule has 0 aliphatic carbocycles. The van der Waals surface area contributed by atoms with Gasteiger partial charge in [0.05, 0.1) is 14.2 Å². The summed E-state index contributed by atoms with van der Waals surface area (Å²) in [5.74, 6) is 1.68. The first-order valence-electron chi connectivity index (χ1n) is 5.16. The van der Waals surface area contributed by atoms with Crippen LogP contribution in [-0.2, 0) is 0 Å². The molecule has 2 rings (SSSR count). The maximum atomic E-state index is 5.24. The van der Waals surface area contributed by atoms with Crippen LogP contribution in [0.3, 0.4) is 0 Å². The van der Waals surface area contributed by atoms with Crippen molar-refractivity contribution in [3.05, 3.63) is 24.7 Å². The molecule has 1 aliphatic rings. The summed E-state index contributed by atoms with van der Waals surface area (Å²) in [6.45, 7) is 3.30. The molecule has 1 fully saturated rings. The van der Waals surface area contributed by atoms with Crippen LogP contribution in [0, 0.1) is 6.54 Å². The number of nitrogens with zero attached hydrogens (tertiary/aromatic N) is 1. The number of hydrogen-bond acceptors (Lipinski definition) is 3.